The van der Waals surface area contributed by atoms with Crippen molar-refractivity contribution in [3.63, 3.8) is 0 Å². The summed E-state index contributed by atoms with van der Waals surface area (Å²) in [5, 5.41) is 15.5. The van der Waals surface area contributed by atoms with E-state index in [9.17, 15) is 22.4 Å². The first-order chi connectivity index (χ1) is 14.8. The molecule has 1 N–H and O–H groups in total. The molecule has 0 saturated heterocycles. The van der Waals surface area contributed by atoms with Crippen LogP contribution in [0.1, 0.15) is 5.56 Å². The molecule has 31 heavy (non-hydrogen) atoms. The topological polar surface area (TPSA) is 72.2 Å². The number of nitrogens with zero attached hydrogens (tertiary/aromatic N) is 4. The van der Waals surface area contributed by atoms with Crippen LogP contribution < -0.4 is 5.32 Å². The number of aromatic nitrogens is 4. The first kappa shape index (κ1) is 20.8. The fourth-order valence-corrected chi connectivity index (χ4v) is 3.39. The number of amides is 1. The van der Waals surface area contributed by atoms with E-state index in [-0.39, 0.29) is 11.4 Å². The highest BCUT2D eigenvalue weighted by Gasteiger charge is 2.30. The van der Waals surface area contributed by atoms with Gasteiger partial charge in [-0.3, -0.25) is 4.79 Å². The summed E-state index contributed by atoms with van der Waals surface area (Å²) < 4.78 is 52.8. The van der Waals surface area contributed by atoms with E-state index in [1.54, 1.807) is 24.3 Å². The normalized spacial score (nSPS) is 11.6. The highest BCUT2D eigenvalue weighted by atomic mass is 32.2. The van der Waals surface area contributed by atoms with E-state index in [0.29, 0.717) is 22.1 Å². The number of rotatable bonds is 5. The van der Waals surface area contributed by atoms with Gasteiger partial charge in [0.2, 0.25) is 5.91 Å². The summed E-state index contributed by atoms with van der Waals surface area (Å²) in [4.78, 5) is 12.2. The molecule has 2 aromatic carbocycles. The van der Waals surface area contributed by atoms with E-state index < -0.39 is 23.5 Å². The van der Waals surface area contributed by atoms with E-state index >= 15 is 0 Å². The van der Waals surface area contributed by atoms with Gasteiger partial charge >= 0.3 is 6.18 Å². The minimum Gasteiger partial charge on any atom is -0.325 e. The molecule has 0 aliphatic rings. The standard InChI is InChI=1S/C20H13F4N5OS/c21-14-3-1-2-12(10-14)19-27-26-16-8-9-18(28-29(16)19)31-11-17(30)25-15-6-4-13(5-7-15)20(22,23)24/h1-10H,11H2,(H,25,30). The average Bonchev–Trinajstić information content (AvgIpc) is 3.15. The van der Waals surface area contributed by atoms with Gasteiger partial charge in [-0.1, -0.05) is 23.9 Å². The Morgan fingerprint density at radius 1 is 1.03 bits per heavy atom. The highest BCUT2D eigenvalue weighted by molar-refractivity contribution is 7.99. The summed E-state index contributed by atoms with van der Waals surface area (Å²) in [5.41, 5.74) is 0.426. The summed E-state index contributed by atoms with van der Waals surface area (Å²) in [6, 6.07) is 13.4. The quantitative estimate of drug-likeness (QED) is 0.355. The molecule has 0 aliphatic carbocycles. The maximum Gasteiger partial charge on any atom is 0.416 e. The molecule has 4 aromatic rings. The number of fused-ring (bicyclic) bond motifs is 1. The number of carbonyl (C=O) groups is 1. The van der Waals surface area contributed by atoms with Gasteiger partial charge in [0.25, 0.3) is 0 Å². The summed E-state index contributed by atoms with van der Waals surface area (Å²) >= 11 is 1.13. The molecule has 0 unspecified atom stereocenters. The van der Waals surface area contributed by atoms with Crippen molar-refractivity contribution in [2.24, 2.45) is 0 Å². The fraction of sp³-hybridized carbons (Fsp3) is 0.100. The number of thioether (sulfide) groups is 1. The first-order valence-electron chi connectivity index (χ1n) is 8.88. The summed E-state index contributed by atoms with van der Waals surface area (Å²) in [6.07, 6.45) is -4.44. The zero-order valence-corrected chi connectivity index (χ0v) is 16.4. The number of carbonyl (C=O) groups excluding carboxylic acids is 1. The lowest BCUT2D eigenvalue weighted by Crippen LogP contribution is -2.14. The van der Waals surface area contributed by atoms with Gasteiger partial charge in [0.1, 0.15) is 10.8 Å². The van der Waals surface area contributed by atoms with Crippen molar-refractivity contribution in [3.8, 4) is 11.4 Å². The molecule has 2 heterocycles. The van der Waals surface area contributed by atoms with Crippen LogP contribution in [0, 0.1) is 5.82 Å². The Balaban J connectivity index is 1.44. The summed E-state index contributed by atoms with van der Waals surface area (Å²) in [5.74, 6) is -0.483. The number of alkyl halides is 3. The largest absolute Gasteiger partial charge is 0.416 e. The maximum atomic E-state index is 13.5. The predicted molar refractivity (Wildman–Crippen MR) is 107 cm³/mol. The lowest BCUT2D eigenvalue weighted by molar-refractivity contribution is -0.137. The number of nitrogens with one attached hydrogen (secondary N) is 1. The summed E-state index contributed by atoms with van der Waals surface area (Å²) in [6.45, 7) is 0. The number of hydrogen-bond donors (Lipinski definition) is 1. The lowest BCUT2D eigenvalue weighted by atomic mass is 10.2. The molecule has 0 bridgehead atoms. The molecule has 0 saturated carbocycles. The van der Waals surface area contributed by atoms with Gasteiger partial charge in [0, 0.05) is 11.3 Å². The molecule has 6 nitrogen and oxygen atoms in total. The van der Waals surface area contributed by atoms with Crippen molar-refractivity contribution in [3.05, 3.63) is 72.0 Å². The van der Waals surface area contributed by atoms with Crippen LogP contribution in [0.4, 0.5) is 23.2 Å². The van der Waals surface area contributed by atoms with Gasteiger partial charge in [-0.2, -0.15) is 22.8 Å². The Kier molecular flexibility index (Phi) is 5.59. The third-order valence-electron chi connectivity index (χ3n) is 4.17. The predicted octanol–water partition coefficient (Wildman–Crippen LogP) is 4.68. The SMILES string of the molecule is O=C(CSc1ccc2nnc(-c3cccc(F)c3)n2n1)Nc1ccc(C(F)(F)F)cc1. The van der Waals surface area contributed by atoms with Crippen LogP contribution in [0.5, 0.6) is 0 Å². The molecular weight excluding hydrogens is 434 g/mol. The maximum absolute atomic E-state index is 13.5. The molecule has 0 fully saturated rings. The molecule has 158 valence electrons. The smallest absolute Gasteiger partial charge is 0.325 e. The van der Waals surface area contributed by atoms with Crippen LogP contribution >= 0.6 is 11.8 Å². The third kappa shape index (κ3) is 4.82. The Labute approximate surface area is 177 Å². The zero-order valence-electron chi connectivity index (χ0n) is 15.6. The van der Waals surface area contributed by atoms with Gasteiger partial charge in [-0.15, -0.1) is 10.2 Å². The van der Waals surface area contributed by atoms with Crippen LogP contribution in [-0.4, -0.2) is 31.5 Å². The van der Waals surface area contributed by atoms with Gasteiger partial charge in [0.05, 0.1) is 11.3 Å². The van der Waals surface area contributed by atoms with E-state index in [0.717, 1.165) is 23.9 Å². The minimum atomic E-state index is -4.44. The van der Waals surface area contributed by atoms with Gasteiger partial charge in [-0.05, 0) is 48.5 Å². The van der Waals surface area contributed by atoms with Crippen molar-refractivity contribution in [1.82, 2.24) is 19.8 Å². The molecule has 2 aromatic heterocycles. The number of hydrogen-bond acceptors (Lipinski definition) is 5. The Morgan fingerprint density at radius 2 is 1.81 bits per heavy atom. The molecule has 0 radical (unpaired) electrons. The zero-order chi connectivity index (χ0) is 22.0. The molecular formula is C20H13F4N5OS. The molecule has 1 amide bonds. The van der Waals surface area contributed by atoms with Gasteiger partial charge in [-0.25, -0.2) is 4.39 Å². The molecule has 4 rings (SSSR count). The van der Waals surface area contributed by atoms with Crippen LogP contribution in [-0.2, 0) is 11.0 Å². The van der Waals surface area contributed by atoms with Crippen LogP contribution in [0.2, 0.25) is 0 Å². The second-order valence-electron chi connectivity index (χ2n) is 6.39. The number of benzene rings is 2. The van der Waals surface area contributed by atoms with E-state index in [1.807, 2.05) is 0 Å². The van der Waals surface area contributed by atoms with Crippen molar-refractivity contribution in [1.29, 1.82) is 0 Å². The Morgan fingerprint density at radius 3 is 2.52 bits per heavy atom. The average molecular weight is 447 g/mol. The molecule has 0 aliphatic heterocycles. The van der Waals surface area contributed by atoms with Crippen molar-refractivity contribution < 1.29 is 22.4 Å². The summed E-state index contributed by atoms with van der Waals surface area (Å²) in [7, 11) is 0. The second-order valence-corrected chi connectivity index (χ2v) is 7.38. The first-order valence-corrected chi connectivity index (χ1v) is 9.86. The van der Waals surface area contributed by atoms with Crippen LogP contribution in [0.3, 0.4) is 0 Å². The van der Waals surface area contributed by atoms with Crippen LogP contribution in [0.15, 0.2) is 65.7 Å². The van der Waals surface area contributed by atoms with Crippen molar-refractivity contribution in [2.45, 2.75) is 11.2 Å². The Hall–Kier alpha value is -3.47. The van der Waals surface area contributed by atoms with Gasteiger partial charge < -0.3 is 5.32 Å². The number of anilines is 1. The van der Waals surface area contributed by atoms with Gasteiger partial charge in [0.15, 0.2) is 11.5 Å². The molecule has 0 spiro atoms. The lowest BCUT2D eigenvalue weighted by Gasteiger charge is -2.08. The van der Waals surface area contributed by atoms with E-state index in [2.05, 4.69) is 20.6 Å². The highest BCUT2D eigenvalue weighted by Crippen LogP contribution is 2.30. The third-order valence-corrected chi connectivity index (χ3v) is 5.09. The van der Waals surface area contributed by atoms with Crippen molar-refractivity contribution >= 4 is 29.0 Å². The fourth-order valence-electron chi connectivity index (χ4n) is 2.74. The van der Waals surface area contributed by atoms with Crippen molar-refractivity contribution in [2.75, 3.05) is 11.1 Å². The van der Waals surface area contributed by atoms with Crippen LogP contribution in [0.25, 0.3) is 17.0 Å². The van der Waals surface area contributed by atoms with E-state index in [4.69, 9.17) is 0 Å². The Bertz CT molecular complexity index is 1240. The van der Waals surface area contributed by atoms with E-state index in [1.165, 1.54) is 28.8 Å². The number of halogens is 4. The molecule has 0 atom stereocenters. The monoisotopic (exact) mass is 447 g/mol. The minimum absolute atomic E-state index is 0.0169. The second kappa shape index (κ2) is 8.34. The molecule has 11 heteroatoms.